The molecule has 16 heavy (non-hydrogen) atoms. The number of para-hydroxylation sites is 2. The molecule has 0 amide bonds. The van der Waals surface area contributed by atoms with E-state index in [0.717, 1.165) is 0 Å². The molecule has 0 aliphatic rings. The summed E-state index contributed by atoms with van der Waals surface area (Å²) in [6.45, 7) is 0. The lowest BCUT2D eigenvalue weighted by atomic mass is 10.3. The Morgan fingerprint density at radius 1 is 0.750 bits per heavy atom. The van der Waals surface area contributed by atoms with E-state index >= 15 is 0 Å². The van der Waals surface area contributed by atoms with Crippen LogP contribution in [0.25, 0.3) is 0 Å². The molecule has 0 aliphatic heterocycles. The van der Waals surface area contributed by atoms with E-state index in [1.807, 2.05) is 0 Å². The van der Waals surface area contributed by atoms with E-state index in [0.29, 0.717) is 0 Å². The average molecular weight is 274 g/mol. The number of aromatic hydroxyl groups is 2. The van der Waals surface area contributed by atoms with Gasteiger partial charge in [0.05, 0.1) is 0 Å². The first-order chi connectivity index (χ1) is 7.27. The van der Waals surface area contributed by atoms with Crippen LogP contribution in [0, 0.1) is 0 Å². The number of rotatable bonds is 0. The topological polar surface area (TPSA) is 156 Å². The van der Waals surface area contributed by atoms with Gasteiger partial charge in [0.1, 0.15) is 0 Å². The molecule has 0 radical (unpaired) electrons. The van der Waals surface area contributed by atoms with Crippen molar-refractivity contribution in [3.05, 3.63) is 24.3 Å². The van der Waals surface area contributed by atoms with Gasteiger partial charge >= 0.3 is 16.5 Å². The van der Waals surface area contributed by atoms with Gasteiger partial charge in [-0.05, 0) is 12.1 Å². The summed E-state index contributed by atoms with van der Waals surface area (Å²) in [5.74, 6) is -0.153. The predicted octanol–water partition coefficient (Wildman–Crippen LogP) is -0.181. The highest BCUT2D eigenvalue weighted by molar-refractivity contribution is 7.31. The standard InChI is InChI=1S/C6H6O2.2H3O3P/c7-5-3-1-2-4-6(5)8;2*1-4(2)3/h1-4,7-8H;2*4H,(H2,1,2,3). The fourth-order valence-electron chi connectivity index (χ4n) is 0.464. The monoisotopic (exact) mass is 274 g/mol. The SMILES string of the molecule is O=[PH](O)O.O=[PH](O)O.Oc1ccccc1O. The minimum absolute atomic E-state index is 0.0764. The minimum atomic E-state index is -3.13. The van der Waals surface area contributed by atoms with Gasteiger partial charge in [-0.1, -0.05) is 12.1 Å². The van der Waals surface area contributed by atoms with Crippen molar-refractivity contribution in [2.75, 3.05) is 0 Å². The molecular formula is C6H12O8P2. The quantitative estimate of drug-likeness (QED) is 0.281. The van der Waals surface area contributed by atoms with E-state index in [1.165, 1.54) is 12.1 Å². The molecule has 0 saturated carbocycles. The largest absolute Gasteiger partial charge is 0.504 e. The molecule has 0 aromatic heterocycles. The Labute approximate surface area is 92.0 Å². The Hall–Kier alpha value is -0.880. The fourth-order valence-corrected chi connectivity index (χ4v) is 0.464. The van der Waals surface area contributed by atoms with E-state index in [9.17, 15) is 0 Å². The molecule has 0 aliphatic carbocycles. The van der Waals surface area contributed by atoms with Crippen molar-refractivity contribution in [3.8, 4) is 11.5 Å². The molecule has 0 unspecified atom stereocenters. The third-order valence-corrected chi connectivity index (χ3v) is 0.882. The first-order valence-electron chi connectivity index (χ1n) is 3.58. The second kappa shape index (κ2) is 10.6. The third kappa shape index (κ3) is 18.8. The molecule has 10 heteroatoms. The summed E-state index contributed by atoms with van der Waals surface area (Å²) in [7, 11) is -6.26. The van der Waals surface area contributed by atoms with Gasteiger partial charge in [0, 0.05) is 0 Å². The molecule has 6 N–H and O–H groups in total. The Morgan fingerprint density at radius 3 is 1.06 bits per heavy atom. The van der Waals surface area contributed by atoms with Gasteiger partial charge in [0.25, 0.3) is 0 Å². The number of benzene rings is 1. The first-order valence-corrected chi connectivity index (χ1v) is 6.18. The van der Waals surface area contributed by atoms with E-state index in [-0.39, 0.29) is 11.5 Å². The highest BCUT2D eigenvalue weighted by atomic mass is 31.1. The van der Waals surface area contributed by atoms with Crippen molar-refractivity contribution in [3.63, 3.8) is 0 Å². The van der Waals surface area contributed by atoms with Gasteiger partial charge in [-0.2, -0.15) is 0 Å². The maximum absolute atomic E-state index is 8.74. The van der Waals surface area contributed by atoms with Crippen molar-refractivity contribution in [1.82, 2.24) is 0 Å². The van der Waals surface area contributed by atoms with Crippen LogP contribution in [0.5, 0.6) is 11.5 Å². The van der Waals surface area contributed by atoms with Crippen LogP contribution in [-0.4, -0.2) is 29.8 Å². The molecule has 94 valence electrons. The van der Waals surface area contributed by atoms with Crippen molar-refractivity contribution < 1.29 is 38.9 Å². The lowest BCUT2D eigenvalue weighted by Gasteiger charge is -1.91. The lowest BCUT2D eigenvalue weighted by Crippen LogP contribution is -1.63. The molecule has 1 aromatic carbocycles. The van der Waals surface area contributed by atoms with Crippen LogP contribution in [0.4, 0.5) is 0 Å². The predicted molar refractivity (Wildman–Crippen MR) is 56.6 cm³/mol. The molecule has 0 heterocycles. The minimum Gasteiger partial charge on any atom is -0.504 e. The van der Waals surface area contributed by atoms with Crippen molar-refractivity contribution in [2.45, 2.75) is 0 Å². The van der Waals surface area contributed by atoms with Crippen LogP contribution in [0.3, 0.4) is 0 Å². The Bertz CT molecular complexity index is 300. The zero-order valence-corrected chi connectivity index (χ0v) is 9.81. The first kappa shape index (κ1) is 17.5. The van der Waals surface area contributed by atoms with Crippen molar-refractivity contribution >= 4 is 16.5 Å². The van der Waals surface area contributed by atoms with Crippen LogP contribution < -0.4 is 0 Å². The zero-order valence-electron chi connectivity index (χ0n) is 7.81. The Kier molecular flexibility index (Phi) is 11.6. The van der Waals surface area contributed by atoms with Crippen LogP contribution in [0.2, 0.25) is 0 Å². The summed E-state index contributed by atoms with van der Waals surface area (Å²) in [6, 6.07) is 6.15. The van der Waals surface area contributed by atoms with Gasteiger partial charge in [-0.25, -0.2) is 0 Å². The lowest BCUT2D eigenvalue weighted by molar-refractivity contribution is 0.403. The van der Waals surface area contributed by atoms with Gasteiger partial charge in [0.2, 0.25) is 0 Å². The molecule has 0 bridgehead atoms. The fraction of sp³-hybridized carbons (Fsp3) is 0. The maximum Gasteiger partial charge on any atom is 0.314 e. The normalized spacial score (nSPS) is 8.88. The van der Waals surface area contributed by atoms with Gasteiger partial charge in [-0.3, -0.25) is 9.13 Å². The molecule has 0 atom stereocenters. The summed E-state index contributed by atoms with van der Waals surface area (Å²) in [5.41, 5.74) is 0. The number of hydrogen-bond donors (Lipinski definition) is 6. The summed E-state index contributed by atoms with van der Waals surface area (Å²) >= 11 is 0. The second-order valence-electron chi connectivity index (χ2n) is 2.05. The molecule has 0 spiro atoms. The van der Waals surface area contributed by atoms with E-state index in [1.54, 1.807) is 12.1 Å². The van der Waals surface area contributed by atoms with Crippen molar-refractivity contribution in [1.29, 1.82) is 0 Å². The van der Waals surface area contributed by atoms with Crippen LogP contribution in [0.15, 0.2) is 24.3 Å². The molecule has 8 nitrogen and oxygen atoms in total. The smallest absolute Gasteiger partial charge is 0.314 e. The number of phenolic OH excluding ortho intramolecular Hbond substituents is 2. The van der Waals surface area contributed by atoms with Crippen LogP contribution in [0.1, 0.15) is 0 Å². The van der Waals surface area contributed by atoms with Gasteiger partial charge in [0.15, 0.2) is 11.5 Å². The zero-order chi connectivity index (χ0) is 13.1. The third-order valence-electron chi connectivity index (χ3n) is 0.882. The van der Waals surface area contributed by atoms with Gasteiger partial charge < -0.3 is 29.8 Å². The highest BCUT2D eigenvalue weighted by Gasteiger charge is 1.90. The Balaban J connectivity index is 0. The summed E-state index contributed by atoms with van der Waals surface area (Å²) < 4.78 is 17.5. The van der Waals surface area contributed by atoms with Crippen molar-refractivity contribution in [2.24, 2.45) is 0 Å². The second-order valence-corrected chi connectivity index (χ2v) is 3.18. The summed E-state index contributed by atoms with van der Waals surface area (Å²) in [6.07, 6.45) is 0. The number of hydrogen-bond acceptors (Lipinski definition) is 4. The van der Waals surface area contributed by atoms with Crippen LogP contribution in [-0.2, 0) is 9.13 Å². The Morgan fingerprint density at radius 2 is 0.938 bits per heavy atom. The summed E-state index contributed by atoms with van der Waals surface area (Å²) in [4.78, 5) is 28.6. The molecule has 1 aromatic rings. The molecule has 0 fully saturated rings. The van der Waals surface area contributed by atoms with E-state index in [4.69, 9.17) is 38.9 Å². The highest BCUT2D eigenvalue weighted by Crippen LogP contribution is 2.21. The average Bonchev–Trinajstić information content (AvgIpc) is 2.08. The van der Waals surface area contributed by atoms with E-state index in [2.05, 4.69) is 0 Å². The van der Waals surface area contributed by atoms with E-state index < -0.39 is 16.5 Å². The molecule has 0 saturated heterocycles. The van der Waals surface area contributed by atoms with Gasteiger partial charge in [-0.15, -0.1) is 0 Å². The molecule has 1 rings (SSSR count). The van der Waals surface area contributed by atoms with Crippen LogP contribution >= 0.6 is 16.5 Å². The maximum atomic E-state index is 8.74. The summed E-state index contributed by atoms with van der Waals surface area (Å²) in [5, 5.41) is 17.3. The molecular weight excluding hydrogens is 262 g/mol. The number of phenols is 2.